The summed E-state index contributed by atoms with van der Waals surface area (Å²) in [4.78, 5) is 9.79. The van der Waals surface area contributed by atoms with Crippen LogP contribution in [0, 0.1) is 11.7 Å². The summed E-state index contributed by atoms with van der Waals surface area (Å²) in [5, 5.41) is 7.73. The number of guanidine groups is 1. The highest BCUT2D eigenvalue weighted by atomic mass is 19.1. The van der Waals surface area contributed by atoms with Crippen LogP contribution in [0.4, 0.5) is 4.39 Å². The van der Waals surface area contributed by atoms with Gasteiger partial charge in [-0.15, -0.1) is 0 Å². The predicted octanol–water partition coefficient (Wildman–Crippen LogP) is 2.35. The van der Waals surface area contributed by atoms with Gasteiger partial charge in [-0.2, -0.15) is 0 Å². The van der Waals surface area contributed by atoms with Crippen molar-refractivity contribution in [3.63, 3.8) is 0 Å². The molecule has 6 heteroatoms. The van der Waals surface area contributed by atoms with Gasteiger partial charge in [-0.25, -0.2) is 4.39 Å². The summed E-state index contributed by atoms with van der Waals surface area (Å²) < 4.78 is 13.4. The second-order valence-electron chi connectivity index (χ2n) is 7.00. The third-order valence-corrected chi connectivity index (χ3v) is 4.95. The average Bonchev–Trinajstić information content (AvgIpc) is 3.34. The summed E-state index contributed by atoms with van der Waals surface area (Å²) in [7, 11) is 6.06. The van der Waals surface area contributed by atoms with Crippen LogP contribution in [0.3, 0.4) is 0 Å². The first kappa shape index (κ1) is 17.7. The number of nitrogens with zero attached hydrogens (tertiary/aromatic N) is 2. The lowest BCUT2D eigenvalue weighted by Crippen LogP contribution is -2.46. The Kier molecular flexibility index (Phi) is 5.58. The fourth-order valence-corrected chi connectivity index (χ4v) is 3.35. The zero-order valence-corrected chi connectivity index (χ0v) is 15.3. The van der Waals surface area contributed by atoms with E-state index in [1.165, 1.54) is 18.9 Å². The Morgan fingerprint density at radius 1 is 1.36 bits per heavy atom. The van der Waals surface area contributed by atoms with Gasteiger partial charge in [-0.3, -0.25) is 4.99 Å². The predicted molar refractivity (Wildman–Crippen MR) is 102 cm³/mol. The molecule has 0 amide bonds. The lowest BCUT2D eigenvalue weighted by atomic mass is 10.1. The SMILES string of the molecule is CN=C(NCCc1c[nH]c2ccc(F)cc12)NCC(C1CC1)N(C)C. The Balaban J connectivity index is 1.50. The topological polar surface area (TPSA) is 55.5 Å². The van der Waals surface area contributed by atoms with E-state index in [1.54, 1.807) is 19.2 Å². The van der Waals surface area contributed by atoms with Crippen molar-refractivity contribution in [2.45, 2.75) is 25.3 Å². The van der Waals surface area contributed by atoms with Gasteiger partial charge in [0, 0.05) is 43.3 Å². The number of likely N-dealkylation sites (N-methyl/N-ethyl adjacent to an activating group) is 1. The molecule has 0 radical (unpaired) electrons. The molecule has 0 spiro atoms. The van der Waals surface area contributed by atoms with Gasteiger partial charge in [0.05, 0.1) is 0 Å². The highest BCUT2D eigenvalue weighted by Gasteiger charge is 2.32. The van der Waals surface area contributed by atoms with Crippen LogP contribution in [0.15, 0.2) is 29.4 Å². The molecule has 5 nitrogen and oxygen atoms in total. The van der Waals surface area contributed by atoms with Crippen LogP contribution in [0.2, 0.25) is 0 Å². The summed E-state index contributed by atoms with van der Waals surface area (Å²) in [6.07, 6.45) is 5.42. The maximum atomic E-state index is 13.4. The molecule has 136 valence electrons. The van der Waals surface area contributed by atoms with E-state index in [1.807, 2.05) is 6.20 Å². The normalized spacial score (nSPS) is 16.4. The van der Waals surface area contributed by atoms with Crippen LogP contribution in [0.1, 0.15) is 18.4 Å². The largest absolute Gasteiger partial charge is 0.361 e. The van der Waals surface area contributed by atoms with Gasteiger partial charge in [-0.1, -0.05) is 0 Å². The maximum Gasteiger partial charge on any atom is 0.191 e. The van der Waals surface area contributed by atoms with Crippen molar-refractivity contribution in [2.24, 2.45) is 10.9 Å². The first-order chi connectivity index (χ1) is 12.1. The first-order valence-corrected chi connectivity index (χ1v) is 8.95. The Morgan fingerprint density at radius 3 is 2.84 bits per heavy atom. The van der Waals surface area contributed by atoms with Crippen molar-refractivity contribution < 1.29 is 4.39 Å². The second-order valence-corrected chi connectivity index (χ2v) is 7.00. The summed E-state index contributed by atoms with van der Waals surface area (Å²) in [5.74, 6) is 1.42. The highest BCUT2D eigenvalue weighted by Crippen LogP contribution is 2.34. The molecule has 1 heterocycles. The molecule has 0 bridgehead atoms. The first-order valence-electron chi connectivity index (χ1n) is 8.95. The Hall–Kier alpha value is -2.08. The van der Waals surface area contributed by atoms with E-state index in [-0.39, 0.29) is 5.82 Å². The monoisotopic (exact) mass is 345 g/mol. The van der Waals surface area contributed by atoms with Crippen molar-refractivity contribution in [2.75, 3.05) is 34.2 Å². The number of aliphatic imine (C=N–C) groups is 1. The molecule has 0 saturated heterocycles. The number of nitrogens with one attached hydrogen (secondary N) is 3. The number of benzene rings is 1. The summed E-state index contributed by atoms with van der Waals surface area (Å²) in [6, 6.07) is 5.40. The molecule has 1 fully saturated rings. The van der Waals surface area contributed by atoms with Crippen LogP contribution < -0.4 is 10.6 Å². The number of hydrogen-bond donors (Lipinski definition) is 3. The minimum absolute atomic E-state index is 0.200. The number of halogens is 1. The van der Waals surface area contributed by atoms with Crippen LogP contribution in [-0.2, 0) is 6.42 Å². The Morgan fingerprint density at radius 2 is 2.16 bits per heavy atom. The molecule has 1 saturated carbocycles. The van der Waals surface area contributed by atoms with Crippen molar-refractivity contribution in [3.8, 4) is 0 Å². The van der Waals surface area contributed by atoms with Crippen molar-refractivity contribution in [3.05, 3.63) is 35.8 Å². The molecule has 1 unspecified atom stereocenters. The third kappa shape index (κ3) is 4.51. The Labute approximate surface area is 148 Å². The van der Waals surface area contributed by atoms with E-state index >= 15 is 0 Å². The van der Waals surface area contributed by atoms with E-state index in [0.29, 0.717) is 6.04 Å². The molecule has 1 aromatic heterocycles. The molecule has 2 aromatic rings. The summed E-state index contributed by atoms with van der Waals surface area (Å²) in [5.41, 5.74) is 2.08. The van der Waals surface area contributed by atoms with Crippen LogP contribution in [0.25, 0.3) is 10.9 Å². The molecule has 1 aromatic carbocycles. The minimum atomic E-state index is -0.200. The van der Waals surface area contributed by atoms with E-state index in [4.69, 9.17) is 0 Å². The van der Waals surface area contributed by atoms with Crippen LogP contribution in [-0.4, -0.2) is 56.1 Å². The molecular formula is C19H28FN5. The molecule has 1 aliphatic carbocycles. The van der Waals surface area contributed by atoms with Gasteiger partial charge in [0.1, 0.15) is 5.82 Å². The lowest BCUT2D eigenvalue weighted by molar-refractivity contribution is 0.264. The standard InChI is InChI=1S/C19H28FN5/c1-21-19(24-12-18(25(2)3)13-4-5-13)22-9-8-14-11-23-17-7-6-15(20)10-16(14)17/h6-7,10-11,13,18,23H,4-5,8-9,12H2,1-3H3,(H2,21,22,24). The van der Waals surface area contributed by atoms with E-state index in [0.717, 1.165) is 47.9 Å². The van der Waals surface area contributed by atoms with Gasteiger partial charge in [0.2, 0.25) is 0 Å². The molecule has 1 atom stereocenters. The van der Waals surface area contributed by atoms with E-state index in [9.17, 15) is 4.39 Å². The number of aromatic nitrogens is 1. The zero-order chi connectivity index (χ0) is 17.8. The van der Waals surface area contributed by atoms with Gasteiger partial charge in [-0.05, 0) is 63.0 Å². The van der Waals surface area contributed by atoms with Crippen molar-refractivity contribution >= 4 is 16.9 Å². The smallest absolute Gasteiger partial charge is 0.191 e. The minimum Gasteiger partial charge on any atom is -0.361 e. The summed E-state index contributed by atoms with van der Waals surface area (Å²) >= 11 is 0. The zero-order valence-electron chi connectivity index (χ0n) is 15.3. The van der Waals surface area contributed by atoms with E-state index in [2.05, 4.69) is 39.6 Å². The third-order valence-electron chi connectivity index (χ3n) is 4.95. The van der Waals surface area contributed by atoms with Gasteiger partial charge in [0.25, 0.3) is 0 Å². The van der Waals surface area contributed by atoms with Crippen LogP contribution in [0.5, 0.6) is 0 Å². The molecule has 1 aliphatic rings. The number of hydrogen-bond acceptors (Lipinski definition) is 2. The number of aromatic amines is 1. The second kappa shape index (κ2) is 7.87. The number of fused-ring (bicyclic) bond motifs is 1. The van der Waals surface area contributed by atoms with Crippen molar-refractivity contribution in [1.29, 1.82) is 0 Å². The van der Waals surface area contributed by atoms with Gasteiger partial charge in [0.15, 0.2) is 5.96 Å². The molecule has 25 heavy (non-hydrogen) atoms. The van der Waals surface area contributed by atoms with Gasteiger partial charge >= 0.3 is 0 Å². The summed E-state index contributed by atoms with van der Waals surface area (Å²) in [6.45, 7) is 1.65. The molecule has 0 aliphatic heterocycles. The van der Waals surface area contributed by atoms with Crippen LogP contribution >= 0.6 is 0 Å². The molecule has 3 rings (SSSR count). The molecular weight excluding hydrogens is 317 g/mol. The maximum absolute atomic E-state index is 13.4. The fourth-order valence-electron chi connectivity index (χ4n) is 3.35. The Bertz CT molecular complexity index is 730. The van der Waals surface area contributed by atoms with E-state index < -0.39 is 0 Å². The van der Waals surface area contributed by atoms with Gasteiger partial charge < -0.3 is 20.5 Å². The number of rotatable bonds is 7. The average molecular weight is 345 g/mol. The number of H-pyrrole nitrogens is 1. The molecule has 3 N–H and O–H groups in total. The highest BCUT2D eigenvalue weighted by molar-refractivity contribution is 5.83. The quantitative estimate of drug-likeness (QED) is 0.533. The van der Waals surface area contributed by atoms with Crippen molar-refractivity contribution in [1.82, 2.24) is 20.5 Å². The lowest BCUT2D eigenvalue weighted by Gasteiger charge is -2.25. The fraction of sp³-hybridized carbons (Fsp3) is 0.526.